The molecule has 8 heteroatoms. The standard InChI is InChI=1S/C23H34N4O2S.HI/c1-19(27(3)17-21-8-6-5-7-9-21)14-15-25-23(24-2)26-16-20-10-12-22(13-11-20)18-30(4,28)29;/h5-13,19H,14-18H2,1-4H3,(H2,24,25,26);1H. The van der Waals surface area contributed by atoms with E-state index >= 15 is 0 Å². The summed E-state index contributed by atoms with van der Waals surface area (Å²) >= 11 is 0. The lowest BCUT2D eigenvalue weighted by molar-refractivity contribution is 0.238. The Morgan fingerprint density at radius 2 is 1.61 bits per heavy atom. The van der Waals surface area contributed by atoms with Gasteiger partial charge >= 0.3 is 0 Å². The Hall–Kier alpha value is -1.65. The number of hydrogen-bond donors (Lipinski definition) is 2. The van der Waals surface area contributed by atoms with Gasteiger partial charge in [-0.1, -0.05) is 54.6 Å². The highest BCUT2D eigenvalue weighted by Gasteiger charge is 2.10. The number of hydrogen-bond acceptors (Lipinski definition) is 4. The van der Waals surface area contributed by atoms with Gasteiger partial charge in [0, 0.05) is 39.0 Å². The van der Waals surface area contributed by atoms with Crippen LogP contribution in [0.3, 0.4) is 0 Å². The van der Waals surface area contributed by atoms with E-state index in [0.29, 0.717) is 12.6 Å². The fraction of sp³-hybridized carbons (Fsp3) is 0.435. The summed E-state index contributed by atoms with van der Waals surface area (Å²) < 4.78 is 22.8. The molecule has 0 spiro atoms. The molecular formula is C23H35IN4O2S. The van der Waals surface area contributed by atoms with Crippen LogP contribution in [-0.4, -0.2) is 52.2 Å². The molecule has 6 nitrogen and oxygen atoms in total. The van der Waals surface area contributed by atoms with Gasteiger partial charge in [0.25, 0.3) is 0 Å². The molecule has 1 atom stereocenters. The molecule has 2 N–H and O–H groups in total. The lowest BCUT2D eigenvalue weighted by Crippen LogP contribution is -2.39. The van der Waals surface area contributed by atoms with Crippen molar-refractivity contribution in [2.24, 2.45) is 4.99 Å². The van der Waals surface area contributed by atoms with Crippen molar-refractivity contribution in [3.63, 3.8) is 0 Å². The topological polar surface area (TPSA) is 73.8 Å². The van der Waals surface area contributed by atoms with Crippen molar-refractivity contribution in [3.8, 4) is 0 Å². The van der Waals surface area contributed by atoms with E-state index < -0.39 is 9.84 Å². The number of nitrogens with one attached hydrogen (secondary N) is 2. The van der Waals surface area contributed by atoms with Crippen LogP contribution in [0.15, 0.2) is 59.6 Å². The van der Waals surface area contributed by atoms with E-state index in [2.05, 4.69) is 58.8 Å². The molecule has 0 radical (unpaired) electrons. The van der Waals surface area contributed by atoms with Crippen molar-refractivity contribution in [1.82, 2.24) is 15.5 Å². The minimum atomic E-state index is -3.01. The van der Waals surface area contributed by atoms with Crippen LogP contribution in [0.4, 0.5) is 0 Å². The average molecular weight is 559 g/mol. The predicted molar refractivity (Wildman–Crippen MR) is 141 cm³/mol. The Bertz CT molecular complexity index is 903. The fourth-order valence-electron chi connectivity index (χ4n) is 3.11. The second kappa shape index (κ2) is 13.7. The van der Waals surface area contributed by atoms with E-state index in [1.165, 1.54) is 11.8 Å². The predicted octanol–water partition coefficient (Wildman–Crippen LogP) is 3.42. The number of sulfone groups is 1. The molecule has 0 amide bonds. The molecule has 0 saturated heterocycles. The highest BCUT2D eigenvalue weighted by atomic mass is 127. The number of rotatable bonds is 10. The van der Waals surface area contributed by atoms with Crippen LogP contribution < -0.4 is 10.6 Å². The van der Waals surface area contributed by atoms with E-state index in [1.54, 1.807) is 7.05 Å². The zero-order valence-corrected chi connectivity index (χ0v) is 22.0. The van der Waals surface area contributed by atoms with Crippen molar-refractivity contribution in [2.75, 3.05) is 26.9 Å². The molecule has 1 unspecified atom stereocenters. The normalized spacial score (nSPS) is 12.9. The maximum Gasteiger partial charge on any atom is 0.191 e. The molecule has 0 aliphatic carbocycles. The summed E-state index contributed by atoms with van der Waals surface area (Å²) in [6, 6.07) is 18.5. The minimum Gasteiger partial charge on any atom is -0.356 e. The van der Waals surface area contributed by atoms with Crippen molar-refractivity contribution in [1.29, 1.82) is 0 Å². The van der Waals surface area contributed by atoms with Crippen LogP contribution in [0.1, 0.15) is 30.0 Å². The fourth-order valence-corrected chi connectivity index (χ4v) is 3.91. The molecule has 2 rings (SSSR count). The smallest absolute Gasteiger partial charge is 0.191 e. The van der Waals surface area contributed by atoms with Crippen molar-refractivity contribution < 1.29 is 8.42 Å². The van der Waals surface area contributed by atoms with Crippen molar-refractivity contribution in [3.05, 3.63) is 71.3 Å². The minimum absolute atomic E-state index is 0. The van der Waals surface area contributed by atoms with E-state index in [4.69, 9.17) is 0 Å². The SMILES string of the molecule is CN=C(NCCC(C)N(C)Cc1ccccc1)NCc1ccc(CS(C)(=O)=O)cc1.I. The van der Waals surface area contributed by atoms with Gasteiger partial charge in [0.2, 0.25) is 0 Å². The molecule has 31 heavy (non-hydrogen) atoms. The quantitative estimate of drug-likeness (QED) is 0.266. The number of halogens is 1. The molecule has 0 aliphatic rings. The zero-order valence-electron chi connectivity index (χ0n) is 18.8. The Labute approximate surface area is 204 Å². The van der Waals surface area contributed by atoms with Gasteiger partial charge < -0.3 is 10.6 Å². The molecule has 0 aliphatic heterocycles. The molecule has 2 aromatic carbocycles. The molecular weight excluding hydrogens is 523 g/mol. The molecule has 0 saturated carbocycles. The monoisotopic (exact) mass is 558 g/mol. The van der Waals surface area contributed by atoms with Crippen LogP contribution in [0.25, 0.3) is 0 Å². The highest BCUT2D eigenvalue weighted by molar-refractivity contribution is 14.0. The largest absolute Gasteiger partial charge is 0.356 e. The Kier molecular flexibility index (Phi) is 12.1. The molecule has 0 bridgehead atoms. The summed E-state index contributed by atoms with van der Waals surface area (Å²) in [5, 5.41) is 6.67. The third kappa shape index (κ3) is 11.0. The maximum absolute atomic E-state index is 11.4. The zero-order chi connectivity index (χ0) is 22.0. The first-order valence-electron chi connectivity index (χ1n) is 10.2. The average Bonchev–Trinajstić information content (AvgIpc) is 2.71. The third-order valence-electron chi connectivity index (χ3n) is 5.02. The van der Waals surface area contributed by atoms with Gasteiger partial charge in [0.15, 0.2) is 15.8 Å². The van der Waals surface area contributed by atoms with Crippen molar-refractivity contribution in [2.45, 2.75) is 38.2 Å². The lowest BCUT2D eigenvalue weighted by Gasteiger charge is -2.25. The van der Waals surface area contributed by atoms with E-state index in [1.807, 2.05) is 30.3 Å². The summed E-state index contributed by atoms with van der Waals surface area (Å²) in [4.78, 5) is 6.63. The Morgan fingerprint density at radius 1 is 1.00 bits per heavy atom. The number of nitrogens with zero attached hydrogens (tertiary/aromatic N) is 2. The van der Waals surface area contributed by atoms with Gasteiger partial charge in [-0.05, 0) is 37.1 Å². The summed E-state index contributed by atoms with van der Waals surface area (Å²) in [5.41, 5.74) is 3.20. The molecule has 0 fully saturated rings. The first-order chi connectivity index (χ1) is 14.3. The maximum atomic E-state index is 11.4. The molecule has 0 heterocycles. The molecule has 0 aromatic heterocycles. The molecule has 2 aromatic rings. The van der Waals surface area contributed by atoms with Crippen LogP contribution in [0.5, 0.6) is 0 Å². The van der Waals surface area contributed by atoms with Crippen LogP contribution >= 0.6 is 24.0 Å². The Morgan fingerprint density at radius 3 is 2.19 bits per heavy atom. The first-order valence-corrected chi connectivity index (χ1v) is 12.3. The van der Waals surface area contributed by atoms with Gasteiger partial charge in [0.1, 0.15) is 0 Å². The van der Waals surface area contributed by atoms with Gasteiger partial charge in [0.05, 0.1) is 5.75 Å². The van der Waals surface area contributed by atoms with Gasteiger partial charge in [-0.25, -0.2) is 8.42 Å². The summed E-state index contributed by atoms with van der Waals surface area (Å²) in [5.74, 6) is 0.828. The van der Waals surface area contributed by atoms with Crippen molar-refractivity contribution >= 4 is 39.8 Å². The highest BCUT2D eigenvalue weighted by Crippen LogP contribution is 2.09. The number of benzene rings is 2. The molecule has 172 valence electrons. The van der Waals surface area contributed by atoms with E-state index in [-0.39, 0.29) is 29.7 Å². The van der Waals surface area contributed by atoms with E-state index in [0.717, 1.165) is 36.6 Å². The first kappa shape index (κ1) is 27.4. The third-order valence-corrected chi connectivity index (χ3v) is 5.87. The summed E-state index contributed by atoms with van der Waals surface area (Å²) in [6.45, 7) is 4.62. The second-order valence-corrected chi connectivity index (χ2v) is 9.92. The van der Waals surface area contributed by atoms with E-state index in [9.17, 15) is 8.42 Å². The second-order valence-electron chi connectivity index (χ2n) is 7.78. The van der Waals surface area contributed by atoms with Gasteiger partial charge in [-0.15, -0.1) is 24.0 Å². The lowest BCUT2D eigenvalue weighted by atomic mass is 10.1. The summed E-state index contributed by atoms with van der Waals surface area (Å²) in [6.07, 6.45) is 2.25. The van der Waals surface area contributed by atoms with Crippen LogP contribution in [0.2, 0.25) is 0 Å². The van der Waals surface area contributed by atoms with Crippen LogP contribution in [0, 0.1) is 0 Å². The number of aliphatic imine (C=N–C) groups is 1. The van der Waals surface area contributed by atoms with Gasteiger partial charge in [-0.2, -0.15) is 0 Å². The summed E-state index contributed by atoms with van der Waals surface area (Å²) in [7, 11) is 0.901. The van der Waals surface area contributed by atoms with Crippen LogP contribution in [-0.2, 0) is 28.7 Å². The Balaban J connectivity index is 0.00000480. The van der Waals surface area contributed by atoms with Gasteiger partial charge in [-0.3, -0.25) is 9.89 Å². The number of guanidine groups is 1.